The van der Waals surface area contributed by atoms with Crippen molar-refractivity contribution < 1.29 is 19.1 Å². The molecular formula is C21H20N6O4. The van der Waals surface area contributed by atoms with Gasteiger partial charge in [0.1, 0.15) is 11.8 Å². The van der Waals surface area contributed by atoms with Gasteiger partial charge in [0.2, 0.25) is 17.8 Å². The molecule has 0 radical (unpaired) electrons. The number of fused-ring (bicyclic) bond motifs is 1. The Kier molecular flexibility index (Phi) is 5.35. The Morgan fingerprint density at radius 1 is 1.06 bits per heavy atom. The Balaban J connectivity index is 1.44. The van der Waals surface area contributed by atoms with E-state index in [1.165, 1.54) is 11.6 Å². The number of nitrogens with one attached hydrogen (secondary N) is 3. The van der Waals surface area contributed by atoms with Crippen molar-refractivity contribution in [2.75, 3.05) is 23.1 Å². The summed E-state index contributed by atoms with van der Waals surface area (Å²) in [6.45, 7) is 1.42. The molecule has 0 unspecified atom stereocenters. The first-order chi connectivity index (χ1) is 14.9. The Morgan fingerprint density at radius 3 is 2.32 bits per heavy atom. The van der Waals surface area contributed by atoms with Gasteiger partial charge in [-0.2, -0.15) is 4.98 Å². The first-order valence-electron chi connectivity index (χ1n) is 9.52. The summed E-state index contributed by atoms with van der Waals surface area (Å²) in [6, 6.07) is 13.1. The summed E-state index contributed by atoms with van der Waals surface area (Å²) in [4.78, 5) is 40.2. The first kappa shape index (κ1) is 20.1. The number of rotatable bonds is 6. The van der Waals surface area contributed by atoms with Crippen molar-refractivity contribution in [3.05, 3.63) is 48.5 Å². The maximum Gasteiger partial charge on any atom is 0.252 e. The fourth-order valence-electron chi connectivity index (χ4n) is 3.20. The van der Waals surface area contributed by atoms with Gasteiger partial charge in [-0.3, -0.25) is 19.7 Å². The predicted octanol–water partition coefficient (Wildman–Crippen LogP) is 2.43. The molecule has 1 aliphatic heterocycles. The highest BCUT2D eigenvalue weighted by molar-refractivity contribution is 6.01. The number of carbonyl (C=O) groups excluding carboxylic acids is 3. The fourth-order valence-corrected chi connectivity index (χ4v) is 3.20. The van der Waals surface area contributed by atoms with E-state index < -0.39 is 6.04 Å². The van der Waals surface area contributed by atoms with Gasteiger partial charge in [-0.25, -0.2) is 4.68 Å². The fraction of sp³-hybridized carbons (Fsp3) is 0.190. The number of methoxy groups -OCH3 is 1. The van der Waals surface area contributed by atoms with Crippen LogP contribution in [0.25, 0.3) is 11.4 Å². The maximum atomic E-state index is 12.5. The predicted molar refractivity (Wildman–Crippen MR) is 114 cm³/mol. The Labute approximate surface area is 177 Å². The number of ether oxygens (including phenoxy) is 1. The molecule has 158 valence electrons. The van der Waals surface area contributed by atoms with E-state index >= 15 is 0 Å². The number of hydrogen-bond acceptors (Lipinski definition) is 6. The van der Waals surface area contributed by atoms with Gasteiger partial charge >= 0.3 is 0 Å². The van der Waals surface area contributed by atoms with Crippen molar-refractivity contribution in [3.63, 3.8) is 0 Å². The molecule has 1 atom stereocenters. The molecule has 2 aromatic carbocycles. The average Bonchev–Trinajstić information content (AvgIpc) is 3.28. The van der Waals surface area contributed by atoms with Crippen LogP contribution in [0.3, 0.4) is 0 Å². The third kappa shape index (κ3) is 4.37. The minimum atomic E-state index is -0.798. The molecule has 1 aliphatic rings. The van der Waals surface area contributed by atoms with Crippen LogP contribution in [0, 0.1) is 0 Å². The smallest absolute Gasteiger partial charge is 0.252 e. The molecule has 0 fully saturated rings. The van der Waals surface area contributed by atoms with Gasteiger partial charge in [0.25, 0.3) is 5.91 Å². The van der Waals surface area contributed by atoms with Crippen molar-refractivity contribution in [2.45, 2.75) is 19.4 Å². The number of anilines is 3. The second-order valence-electron chi connectivity index (χ2n) is 6.95. The van der Waals surface area contributed by atoms with Crippen molar-refractivity contribution in [1.29, 1.82) is 0 Å². The van der Waals surface area contributed by atoms with E-state index in [0.717, 1.165) is 5.56 Å². The molecule has 3 amide bonds. The molecule has 0 bridgehead atoms. The summed E-state index contributed by atoms with van der Waals surface area (Å²) in [7, 11) is 1.58. The zero-order chi connectivity index (χ0) is 22.0. The van der Waals surface area contributed by atoms with Crippen LogP contribution in [0.2, 0.25) is 0 Å². The SMILES string of the molecule is COc1ccc(-c2nc3n(n2)[C@@H](CC(=O)Nc2ccc(NC(C)=O)cc2)C(=O)N3)cc1. The summed E-state index contributed by atoms with van der Waals surface area (Å²) in [6.07, 6.45) is -0.0995. The van der Waals surface area contributed by atoms with Gasteiger partial charge in [-0.1, -0.05) is 0 Å². The quantitative estimate of drug-likeness (QED) is 0.562. The molecule has 1 aromatic heterocycles. The molecule has 0 saturated carbocycles. The van der Waals surface area contributed by atoms with Crippen LogP contribution >= 0.6 is 0 Å². The molecule has 3 N–H and O–H groups in total. The Morgan fingerprint density at radius 2 is 1.71 bits per heavy atom. The molecule has 2 heterocycles. The van der Waals surface area contributed by atoms with Crippen molar-refractivity contribution >= 4 is 35.0 Å². The number of amides is 3. The maximum absolute atomic E-state index is 12.5. The summed E-state index contributed by atoms with van der Waals surface area (Å²) in [5.74, 6) is 0.587. The molecule has 10 nitrogen and oxygen atoms in total. The zero-order valence-electron chi connectivity index (χ0n) is 16.9. The van der Waals surface area contributed by atoms with Gasteiger partial charge in [-0.15, -0.1) is 5.10 Å². The lowest BCUT2D eigenvalue weighted by Crippen LogP contribution is -2.23. The lowest BCUT2D eigenvalue weighted by molar-refractivity contribution is -0.123. The molecule has 4 rings (SSSR count). The van der Waals surface area contributed by atoms with Crippen LogP contribution < -0.4 is 20.7 Å². The molecule has 0 spiro atoms. The highest BCUT2D eigenvalue weighted by Crippen LogP contribution is 2.29. The van der Waals surface area contributed by atoms with Crippen molar-refractivity contribution in [2.24, 2.45) is 0 Å². The third-order valence-electron chi connectivity index (χ3n) is 4.68. The Bertz CT molecular complexity index is 1140. The zero-order valence-corrected chi connectivity index (χ0v) is 16.9. The van der Waals surface area contributed by atoms with E-state index in [0.29, 0.717) is 28.9 Å². The van der Waals surface area contributed by atoms with E-state index in [4.69, 9.17) is 4.74 Å². The second-order valence-corrected chi connectivity index (χ2v) is 6.95. The molecule has 31 heavy (non-hydrogen) atoms. The van der Waals surface area contributed by atoms with Gasteiger partial charge < -0.3 is 15.4 Å². The topological polar surface area (TPSA) is 127 Å². The minimum Gasteiger partial charge on any atom is -0.497 e. The second kappa shape index (κ2) is 8.27. The van der Waals surface area contributed by atoms with Crippen molar-refractivity contribution in [1.82, 2.24) is 14.8 Å². The lowest BCUT2D eigenvalue weighted by Gasteiger charge is -2.10. The van der Waals surface area contributed by atoms with Gasteiger partial charge in [-0.05, 0) is 48.5 Å². The van der Waals surface area contributed by atoms with E-state index in [1.807, 2.05) is 12.1 Å². The standard InChI is InChI=1S/C21H20N6O4/c1-12(28)22-14-5-7-15(8-6-14)23-18(29)11-17-20(30)25-21-24-19(26-27(17)21)13-3-9-16(31-2)10-4-13/h3-10,17H,11H2,1-2H3,(H,22,28)(H,23,29)(H,24,25,26,30)/t17-/m0/s1. The highest BCUT2D eigenvalue weighted by Gasteiger charge is 2.35. The monoisotopic (exact) mass is 420 g/mol. The largest absolute Gasteiger partial charge is 0.497 e. The van der Waals surface area contributed by atoms with Crippen molar-refractivity contribution in [3.8, 4) is 17.1 Å². The minimum absolute atomic E-state index is 0.0995. The average molecular weight is 420 g/mol. The normalized spacial score (nSPS) is 14.5. The lowest BCUT2D eigenvalue weighted by atomic mass is 10.2. The number of carbonyl (C=O) groups is 3. The number of aromatic nitrogens is 3. The third-order valence-corrected chi connectivity index (χ3v) is 4.68. The number of benzene rings is 2. The van der Waals surface area contributed by atoms with Gasteiger partial charge in [0, 0.05) is 23.9 Å². The number of nitrogens with zero attached hydrogens (tertiary/aromatic N) is 3. The van der Waals surface area contributed by atoms with Crippen LogP contribution in [-0.4, -0.2) is 39.6 Å². The molecule has 0 saturated heterocycles. The van der Waals surface area contributed by atoms with E-state index in [1.54, 1.807) is 43.5 Å². The summed E-state index contributed by atoms with van der Waals surface area (Å²) in [5, 5.41) is 12.5. The van der Waals surface area contributed by atoms with E-state index in [9.17, 15) is 14.4 Å². The van der Waals surface area contributed by atoms with Crippen LogP contribution in [0.1, 0.15) is 19.4 Å². The summed E-state index contributed by atoms with van der Waals surface area (Å²) >= 11 is 0. The van der Waals surface area contributed by atoms with Crippen LogP contribution in [0.15, 0.2) is 48.5 Å². The first-order valence-corrected chi connectivity index (χ1v) is 9.52. The molecule has 3 aromatic rings. The van der Waals surface area contributed by atoms with Gasteiger partial charge in [0.05, 0.1) is 13.5 Å². The highest BCUT2D eigenvalue weighted by atomic mass is 16.5. The summed E-state index contributed by atoms with van der Waals surface area (Å²) in [5.41, 5.74) is 1.94. The number of hydrogen-bond donors (Lipinski definition) is 3. The molecular weight excluding hydrogens is 400 g/mol. The van der Waals surface area contributed by atoms with Crippen LogP contribution in [0.4, 0.5) is 17.3 Å². The van der Waals surface area contributed by atoms with E-state index in [-0.39, 0.29) is 24.1 Å². The van der Waals surface area contributed by atoms with Crippen LogP contribution in [-0.2, 0) is 14.4 Å². The molecule has 0 aliphatic carbocycles. The molecule has 10 heteroatoms. The van der Waals surface area contributed by atoms with E-state index in [2.05, 4.69) is 26.0 Å². The van der Waals surface area contributed by atoms with Crippen LogP contribution in [0.5, 0.6) is 5.75 Å². The Hall–Kier alpha value is -4.21. The van der Waals surface area contributed by atoms with Gasteiger partial charge in [0.15, 0.2) is 5.82 Å². The summed E-state index contributed by atoms with van der Waals surface area (Å²) < 4.78 is 6.58.